The van der Waals surface area contributed by atoms with Gasteiger partial charge in [0.15, 0.2) is 17.3 Å². The van der Waals surface area contributed by atoms with E-state index >= 15 is 0 Å². The summed E-state index contributed by atoms with van der Waals surface area (Å²) < 4.78 is 1.94. The molecule has 2 aromatic rings. The van der Waals surface area contributed by atoms with Gasteiger partial charge >= 0.3 is 0 Å². The predicted molar refractivity (Wildman–Crippen MR) is 81.9 cm³/mol. The largest absolute Gasteiger partial charge is 0.354 e. The maximum Gasteiger partial charge on any atom is 0.180 e. The van der Waals surface area contributed by atoms with E-state index in [0.29, 0.717) is 5.82 Å². The molecule has 0 atom stereocenters. The van der Waals surface area contributed by atoms with Gasteiger partial charge in [0, 0.05) is 25.5 Å². The first-order valence-corrected chi connectivity index (χ1v) is 6.85. The molecule has 2 heterocycles. The summed E-state index contributed by atoms with van der Waals surface area (Å²) in [6.07, 6.45) is 6.58. The Labute approximate surface area is 119 Å². The average Bonchev–Trinajstić information content (AvgIpc) is 2.90. The maximum atomic E-state index is 5.49. The van der Waals surface area contributed by atoms with Gasteiger partial charge in [-0.25, -0.2) is 15.8 Å². The number of rotatable bonds is 7. The number of nitrogens with zero attached hydrogens (tertiary/aromatic N) is 5. The van der Waals surface area contributed by atoms with E-state index in [2.05, 4.69) is 46.2 Å². The zero-order valence-corrected chi connectivity index (χ0v) is 12.4. The van der Waals surface area contributed by atoms with Gasteiger partial charge in [-0.3, -0.25) is 0 Å². The zero-order chi connectivity index (χ0) is 14.5. The fourth-order valence-corrected chi connectivity index (χ4v) is 2.19. The minimum Gasteiger partial charge on any atom is -0.354 e. The summed E-state index contributed by atoms with van der Waals surface area (Å²) in [5.41, 5.74) is 3.47. The molecule has 0 aliphatic rings. The molecule has 2 aromatic heterocycles. The highest BCUT2D eigenvalue weighted by atomic mass is 15.3. The van der Waals surface area contributed by atoms with Crippen LogP contribution in [0.4, 0.5) is 11.6 Å². The van der Waals surface area contributed by atoms with Crippen molar-refractivity contribution >= 4 is 17.3 Å². The van der Waals surface area contributed by atoms with Crippen molar-refractivity contribution in [2.45, 2.75) is 13.3 Å². The fraction of sp³-hybridized carbons (Fsp3) is 0.538. The van der Waals surface area contributed by atoms with Gasteiger partial charge in [-0.2, -0.15) is 0 Å². The van der Waals surface area contributed by atoms with E-state index in [1.165, 1.54) is 0 Å². The molecular weight excluding hydrogens is 254 g/mol. The van der Waals surface area contributed by atoms with E-state index in [0.717, 1.165) is 37.5 Å². The molecule has 7 heteroatoms. The van der Waals surface area contributed by atoms with Crippen LogP contribution in [0.1, 0.15) is 13.3 Å². The third kappa shape index (κ3) is 3.17. The van der Waals surface area contributed by atoms with Gasteiger partial charge in [0.1, 0.15) is 0 Å². The smallest absolute Gasteiger partial charge is 0.180 e. The van der Waals surface area contributed by atoms with E-state index in [9.17, 15) is 0 Å². The van der Waals surface area contributed by atoms with Gasteiger partial charge in [0.2, 0.25) is 0 Å². The van der Waals surface area contributed by atoms with Crippen LogP contribution in [0.15, 0.2) is 18.6 Å². The van der Waals surface area contributed by atoms with Crippen LogP contribution >= 0.6 is 0 Å². The maximum absolute atomic E-state index is 5.49. The second kappa shape index (κ2) is 6.53. The van der Waals surface area contributed by atoms with Crippen molar-refractivity contribution in [3.63, 3.8) is 0 Å². The number of nitrogens with two attached hydrogens (primary N) is 1. The zero-order valence-electron chi connectivity index (χ0n) is 12.4. The Kier molecular flexibility index (Phi) is 4.75. The van der Waals surface area contributed by atoms with Crippen LogP contribution in [0.25, 0.3) is 5.65 Å². The van der Waals surface area contributed by atoms with Crippen molar-refractivity contribution in [2.24, 2.45) is 5.84 Å². The highest BCUT2D eigenvalue weighted by Crippen LogP contribution is 2.20. The molecule has 20 heavy (non-hydrogen) atoms. The normalized spacial score (nSPS) is 11.2. The molecule has 0 aliphatic carbocycles. The van der Waals surface area contributed by atoms with Crippen molar-refractivity contribution in [1.82, 2.24) is 19.3 Å². The van der Waals surface area contributed by atoms with Gasteiger partial charge in [-0.1, -0.05) is 0 Å². The molecule has 0 saturated carbocycles. The molecule has 7 nitrogen and oxygen atoms in total. The van der Waals surface area contributed by atoms with Crippen molar-refractivity contribution in [3.05, 3.63) is 18.6 Å². The summed E-state index contributed by atoms with van der Waals surface area (Å²) >= 11 is 0. The van der Waals surface area contributed by atoms with Crippen LogP contribution in [-0.4, -0.2) is 53.0 Å². The van der Waals surface area contributed by atoms with Gasteiger partial charge < -0.3 is 19.6 Å². The molecular formula is C13H23N7. The summed E-state index contributed by atoms with van der Waals surface area (Å²) in [6.45, 7) is 5.00. The molecule has 0 unspecified atom stereocenters. The molecule has 0 radical (unpaired) electrons. The third-order valence-electron chi connectivity index (χ3n) is 3.22. The monoisotopic (exact) mass is 277 g/mol. The van der Waals surface area contributed by atoms with E-state index in [1.807, 2.05) is 16.8 Å². The number of nitrogens with one attached hydrogen (secondary N) is 1. The molecule has 0 spiro atoms. The van der Waals surface area contributed by atoms with Crippen molar-refractivity contribution in [3.8, 4) is 0 Å². The van der Waals surface area contributed by atoms with Crippen LogP contribution < -0.4 is 16.2 Å². The number of imidazole rings is 1. The van der Waals surface area contributed by atoms with Crippen molar-refractivity contribution in [2.75, 3.05) is 44.1 Å². The Morgan fingerprint density at radius 1 is 1.35 bits per heavy atom. The quantitative estimate of drug-likeness (QED) is 0.576. The molecule has 110 valence electrons. The molecule has 0 aromatic carbocycles. The Bertz CT molecular complexity index is 549. The molecule has 0 saturated heterocycles. The summed E-state index contributed by atoms with van der Waals surface area (Å²) in [7, 11) is 4.17. The number of anilines is 2. The minimum absolute atomic E-state index is 0.636. The molecule has 0 bridgehead atoms. The lowest BCUT2D eigenvalue weighted by Gasteiger charge is -2.23. The fourth-order valence-electron chi connectivity index (χ4n) is 2.19. The first-order valence-electron chi connectivity index (χ1n) is 6.85. The first kappa shape index (κ1) is 14.5. The minimum atomic E-state index is 0.636. The lowest BCUT2D eigenvalue weighted by Crippen LogP contribution is -2.28. The van der Waals surface area contributed by atoms with E-state index in [1.54, 1.807) is 6.20 Å². The Balaban J connectivity index is 2.25. The van der Waals surface area contributed by atoms with Crippen LogP contribution in [0.3, 0.4) is 0 Å². The number of fused-ring (bicyclic) bond motifs is 1. The van der Waals surface area contributed by atoms with Gasteiger partial charge in [-0.15, -0.1) is 0 Å². The number of nitrogen functional groups attached to an aromatic ring is 1. The second-order valence-electron chi connectivity index (χ2n) is 4.99. The van der Waals surface area contributed by atoms with Crippen molar-refractivity contribution < 1.29 is 0 Å². The molecule has 2 rings (SSSR count). The average molecular weight is 277 g/mol. The van der Waals surface area contributed by atoms with Crippen molar-refractivity contribution in [1.29, 1.82) is 0 Å². The SMILES string of the molecule is CCN(CCCN(C)C)c1nc(NN)cn2ccnc12. The molecule has 0 fully saturated rings. The number of aromatic nitrogens is 3. The molecule has 3 N–H and O–H groups in total. The highest BCUT2D eigenvalue weighted by Gasteiger charge is 2.13. The number of hydrogen-bond donors (Lipinski definition) is 2. The molecule has 0 aliphatic heterocycles. The highest BCUT2D eigenvalue weighted by molar-refractivity contribution is 5.66. The van der Waals surface area contributed by atoms with Gasteiger partial charge in [-0.05, 0) is 34.0 Å². The summed E-state index contributed by atoms with van der Waals surface area (Å²) in [6, 6.07) is 0. The van der Waals surface area contributed by atoms with Gasteiger partial charge in [0.25, 0.3) is 0 Å². The standard InChI is InChI=1S/C13H23N7/c1-4-19(8-5-7-18(2)3)13-12-15-6-9-20(12)10-11(16-13)17-14/h6,9-10,17H,4-5,7-8,14H2,1-3H3. The lowest BCUT2D eigenvalue weighted by molar-refractivity contribution is 0.400. The Morgan fingerprint density at radius 3 is 2.80 bits per heavy atom. The summed E-state index contributed by atoms with van der Waals surface area (Å²) in [5, 5.41) is 0. The first-order chi connectivity index (χ1) is 9.65. The Morgan fingerprint density at radius 2 is 2.15 bits per heavy atom. The van der Waals surface area contributed by atoms with Crippen LogP contribution in [0.2, 0.25) is 0 Å². The third-order valence-corrected chi connectivity index (χ3v) is 3.22. The van der Waals surface area contributed by atoms with Crippen LogP contribution in [0, 0.1) is 0 Å². The molecule has 0 amide bonds. The lowest BCUT2D eigenvalue weighted by atomic mass is 10.3. The number of hydrogen-bond acceptors (Lipinski definition) is 6. The van der Waals surface area contributed by atoms with E-state index < -0.39 is 0 Å². The van der Waals surface area contributed by atoms with Crippen LogP contribution in [0.5, 0.6) is 0 Å². The van der Waals surface area contributed by atoms with Crippen LogP contribution in [-0.2, 0) is 0 Å². The van der Waals surface area contributed by atoms with Gasteiger partial charge in [0.05, 0.1) is 6.20 Å². The predicted octanol–water partition coefficient (Wildman–Crippen LogP) is 0.793. The number of hydrazine groups is 1. The van der Waals surface area contributed by atoms with E-state index in [-0.39, 0.29) is 0 Å². The van der Waals surface area contributed by atoms with E-state index in [4.69, 9.17) is 5.84 Å². The Hall–Kier alpha value is -1.86. The second-order valence-corrected chi connectivity index (χ2v) is 4.99. The summed E-state index contributed by atoms with van der Waals surface area (Å²) in [4.78, 5) is 13.4. The topological polar surface area (TPSA) is 74.7 Å². The summed E-state index contributed by atoms with van der Waals surface area (Å²) in [5.74, 6) is 6.99.